The number of carbonyl (C=O) groups excluding carboxylic acids is 2. The van der Waals surface area contributed by atoms with Crippen LogP contribution in [0.2, 0.25) is 24.7 Å². The zero-order valence-corrected chi connectivity index (χ0v) is 30.0. The summed E-state index contributed by atoms with van der Waals surface area (Å²) in [7, 11) is -2.92. The van der Waals surface area contributed by atoms with Gasteiger partial charge in [0.15, 0.2) is 8.32 Å². The van der Waals surface area contributed by atoms with E-state index in [1.807, 2.05) is 56.0 Å². The van der Waals surface area contributed by atoms with Crippen molar-refractivity contribution < 1.29 is 46.9 Å². The lowest BCUT2D eigenvalue weighted by Crippen LogP contribution is -2.69. The molecule has 0 amide bonds. The molecule has 0 saturated carbocycles. The minimum Gasteiger partial charge on any atom is -0.476 e. The van der Waals surface area contributed by atoms with Crippen molar-refractivity contribution in [3.05, 3.63) is 72.4 Å². The van der Waals surface area contributed by atoms with E-state index < -0.39 is 40.3 Å². The van der Waals surface area contributed by atoms with Crippen LogP contribution in [0.3, 0.4) is 0 Å². The summed E-state index contributed by atoms with van der Waals surface area (Å²) in [4.78, 5) is 14.0. The van der Waals surface area contributed by atoms with Gasteiger partial charge >= 0.3 is 29.2 Å². The van der Waals surface area contributed by atoms with E-state index in [0.717, 1.165) is 10.4 Å². The van der Waals surface area contributed by atoms with Gasteiger partial charge in [-0.05, 0) is 42.0 Å². The van der Waals surface area contributed by atoms with E-state index in [4.69, 9.17) is 37.0 Å². The summed E-state index contributed by atoms with van der Waals surface area (Å²) in [6.45, 7) is 14.2. The first-order chi connectivity index (χ1) is 21.3. The van der Waals surface area contributed by atoms with Crippen LogP contribution in [-0.4, -0.2) is 86.2 Å². The summed E-state index contributed by atoms with van der Waals surface area (Å²) in [6.07, 6.45) is -0.964. The first kappa shape index (κ1) is 36.5. The van der Waals surface area contributed by atoms with Gasteiger partial charge in [0.2, 0.25) is 0 Å². The first-order valence-electron chi connectivity index (χ1n) is 15.1. The molecule has 0 spiro atoms. The molecule has 1 N–H and O–H groups in total. The van der Waals surface area contributed by atoms with Crippen molar-refractivity contribution in [2.45, 2.75) is 70.5 Å². The maximum atomic E-state index is 14.0. The lowest BCUT2D eigenvalue weighted by molar-refractivity contribution is -0.543. The van der Waals surface area contributed by atoms with E-state index in [9.17, 15) is 9.90 Å². The number of carbonyl (C=O) groups is 1. The smallest absolute Gasteiger partial charge is 0.476 e. The Balaban J connectivity index is 2.29. The van der Waals surface area contributed by atoms with E-state index in [2.05, 4.69) is 45.0 Å². The SMILES string of the molecule is CCOC(O)=C1OC(CCOCOC)=[O+][C@H](CO[Si](c2ccccc2)(c2ccccc2)C(C)(C)C)[C@@]1(O[Si](C)(C)C)C(=O)OC. The van der Waals surface area contributed by atoms with Crippen molar-refractivity contribution in [1.29, 1.82) is 0 Å². The molecule has 2 aromatic rings. The molecule has 12 heteroatoms. The zero-order valence-electron chi connectivity index (χ0n) is 28.0. The number of esters is 2. The Labute approximate surface area is 269 Å². The van der Waals surface area contributed by atoms with Gasteiger partial charge in [-0.2, -0.15) is 0 Å². The fourth-order valence-electron chi connectivity index (χ4n) is 5.54. The quantitative estimate of drug-likeness (QED) is 0.0733. The zero-order chi connectivity index (χ0) is 33.3. The van der Waals surface area contributed by atoms with Gasteiger partial charge in [-0.3, -0.25) is 4.74 Å². The minimum atomic E-state index is -3.10. The molecule has 45 heavy (non-hydrogen) atoms. The van der Waals surface area contributed by atoms with E-state index in [0.29, 0.717) is 0 Å². The van der Waals surface area contributed by atoms with Crippen LogP contribution >= 0.6 is 0 Å². The van der Waals surface area contributed by atoms with Crippen LogP contribution in [0.1, 0.15) is 34.1 Å². The molecule has 3 rings (SSSR count). The maximum absolute atomic E-state index is 14.0. The van der Waals surface area contributed by atoms with E-state index in [1.165, 1.54) is 14.2 Å². The predicted molar refractivity (Wildman–Crippen MR) is 176 cm³/mol. The Morgan fingerprint density at radius 1 is 1.00 bits per heavy atom. The standard InChI is InChI=1S/C33H48O10Si2/c1-10-39-30(34)29-33(31(35)37-6,43-44(7,8)9)27(41-28(42-29)21-22-38-24-36-5)23-40-45(32(2,3)4,25-17-13-11-14-18-25)26-19-15-12-16-20-26/h11-20,27H,10,21-24H2,1-9H3/p+1/t27-,33+/m1/s1. The van der Waals surface area contributed by atoms with Gasteiger partial charge in [-0.1, -0.05) is 81.4 Å². The summed E-state index contributed by atoms with van der Waals surface area (Å²) >= 11 is 0. The Morgan fingerprint density at radius 3 is 2.04 bits per heavy atom. The highest BCUT2D eigenvalue weighted by molar-refractivity contribution is 6.99. The Hall–Kier alpha value is -3.01. The largest absolute Gasteiger partial charge is 0.494 e. The van der Waals surface area contributed by atoms with Gasteiger partial charge in [0.1, 0.15) is 19.8 Å². The number of rotatable bonds is 15. The average Bonchev–Trinajstić information content (AvgIpc) is 2.99. The molecule has 0 radical (unpaired) electrons. The monoisotopic (exact) mass is 661 g/mol. The number of ether oxygens (including phenoxy) is 5. The molecule has 0 saturated heterocycles. The summed E-state index contributed by atoms with van der Waals surface area (Å²) < 4.78 is 47.8. The second-order valence-corrected chi connectivity index (χ2v) is 21.4. The number of hydrogen-bond donors (Lipinski definition) is 1. The van der Waals surface area contributed by atoms with E-state index in [1.54, 1.807) is 6.92 Å². The second-order valence-electron chi connectivity index (χ2n) is 12.6. The van der Waals surface area contributed by atoms with Crippen LogP contribution < -0.4 is 10.4 Å². The summed E-state index contributed by atoms with van der Waals surface area (Å²) in [5.41, 5.74) is -2.04. The Bertz CT molecular complexity index is 1260. The highest BCUT2D eigenvalue weighted by Gasteiger charge is 2.68. The molecule has 0 fully saturated rings. The van der Waals surface area contributed by atoms with E-state index >= 15 is 0 Å². The van der Waals surface area contributed by atoms with Gasteiger partial charge in [0.05, 0.1) is 20.3 Å². The second kappa shape index (κ2) is 15.5. The van der Waals surface area contributed by atoms with Crippen LogP contribution in [0, 0.1) is 0 Å². The molecule has 2 atom stereocenters. The minimum absolute atomic E-state index is 0.0748. The van der Waals surface area contributed by atoms with Crippen molar-refractivity contribution in [3.8, 4) is 0 Å². The Kier molecular flexibility index (Phi) is 12.6. The topological polar surface area (TPSA) is 113 Å². The normalized spacial score (nSPS) is 20.2. The number of benzene rings is 2. The van der Waals surface area contributed by atoms with Gasteiger partial charge in [-0.15, -0.1) is 0 Å². The summed E-state index contributed by atoms with van der Waals surface area (Å²) in [5, 5.41) is 13.0. The molecule has 0 aromatic heterocycles. The number of aliphatic hydroxyl groups excluding tert-OH is 1. The van der Waals surface area contributed by atoms with Crippen molar-refractivity contribution in [2.24, 2.45) is 0 Å². The molecular weight excluding hydrogens is 613 g/mol. The van der Waals surface area contributed by atoms with Crippen LogP contribution in [0.5, 0.6) is 0 Å². The number of cyclic esters (lactones) is 1. The fourth-order valence-corrected chi connectivity index (χ4v) is 11.4. The predicted octanol–water partition coefficient (Wildman–Crippen LogP) is 4.56. The first-order valence-corrected chi connectivity index (χ1v) is 20.5. The van der Waals surface area contributed by atoms with Crippen molar-refractivity contribution in [2.75, 3.05) is 40.8 Å². The third kappa shape index (κ3) is 8.24. The Morgan fingerprint density at radius 2 is 1.58 bits per heavy atom. The van der Waals surface area contributed by atoms with Crippen LogP contribution in [0.15, 0.2) is 72.4 Å². The van der Waals surface area contributed by atoms with E-state index in [-0.39, 0.29) is 49.8 Å². The van der Waals surface area contributed by atoms with Gasteiger partial charge in [0, 0.05) is 7.11 Å². The summed E-state index contributed by atoms with van der Waals surface area (Å²) in [6, 6.07) is 20.3. The third-order valence-electron chi connectivity index (χ3n) is 7.23. The molecule has 2 aromatic carbocycles. The van der Waals surface area contributed by atoms with Crippen molar-refractivity contribution >= 4 is 38.9 Å². The summed E-state index contributed by atoms with van der Waals surface area (Å²) in [5.74, 6) is -1.56. The van der Waals surface area contributed by atoms with Gasteiger partial charge in [0.25, 0.3) is 14.4 Å². The molecule has 10 nitrogen and oxygen atoms in total. The highest BCUT2D eigenvalue weighted by atomic mass is 28.4. The number of aliphatic hydroxyl groups is 1. The highest BCUT2D eigenvalue weighted by Crippen LogP contribution is 2.41. The lowest BCUT2D eigenvalue weighted by atomic mass is 9.93. The molecule has 1 aliphatic heterocycles. The van der Waals surface area contributed by atoms with Crippen LogP contribution in [0.25, 0.3) is 0 Å². The van der Waals surface area contributed by atoms with Crippen molar-refractivity contribution in [1.82, 2.24) is 0 Å². The van der Waals surface area contributed by atoms with Crippen LogP contribution in [0.4, 0.5) is 0 Å². The van der Waals surface area contributed by atoms with Crippen molar-refractivity contribution in [3.63, 3.8) is 0 Å². The molecular formula is C33H49O10Si2+. The molecule has 248 valence electrons. The maximum Gasteiger partial charge on any atom is 0.494 e. The number of methoxy groups -OCH3 is 2. The molecule has 1 aliphatic rings. The molecule has 0 aliphatic carbocycles. The fraction of sp³-hybridized carbons (Fsp3) is 0.515. The third-order valence-corrected chi connectivity index (χ3v) is 13.2. The van der Waals surface area contributed by atoms with Gasteiger partial charge in [-0.25, -0.2) is 4.79 Å². The molecule has 0 unspecified atom stereocenters. The average molecular weight is 662 g/mol. The van der Waals surface area contributed by atoms with Gasteiger partial charge < -0.3 is 37.3 Å². The lowest BCUT2D eigenvalue weighted by Gasteiger charge is -2.44. The molecule has 0 bridgehead atoms. The number of hydrogen-bond acceptors (Lipinski definition) is 9. The van der Waals surface area contributed by atoms with Crippen LogP contribution in [-0.2, 0) is 41.8 Å². The molecule has 1 heterocycles.